The number of alkyl halides is 1. The third kappa shape index (κ3) is 2.09. The lowest BCUT2D eigenvalue weighted by atomic mass is 10.4. The Balaban J connectivity index is 3.01. The Hall–Kier alpha value is 0.150. The number of hydrogen-bond donors (Lipinski definition) is 1. The predicted octanol–water partition coefficient (Wildman–Crippen LogP) is -0.721. The molecule has 8 heteroatoms. The van der Waals surface area contributed by atoms with Crippen molar-refractivity contribution in [2.45, 2.75) is 10.6 Å². The highest BCUT2D eigenvalue weighted by Gasteiger charge is 2.43. The Morgan fingerprint density at radius 3 is 2.00 bits per heavy atom. The zero-order valence-electron chi connectivity index (χ0n) is 5.84. The Morgan fingerprint density at radius 2 is 1.83 bits per heavy atom. The van der Waals surface area contributed by atoms with Crippen LogP contribution in [0.2, 0.25) is 0 Å². The van der Waals surface area contributed by atoms with Crippen LogP contribution in [0, 0.1) is 0 Å². The molecule has 0 aromatic heterocycles. The van der Waals surface area contributed by atoms with Gasteiger partial charge >= 0.3 is 0 Å². The van der Waals surface area contributed by atoms with Gasteiger partial charge in [-0.15, -0.1) is 11.6 Å². The van der Waals surface area contributed by atoms with E-state index in [-0.39, 0.29) is 5.75 Å². The fourth-order valence-corrected chi connectivity index (χ4v) is 5.69. The van der Waals surface area contributed by atoms with E-state index in [2.05, 4.69) is 0 Å². The highest BCUT2D eigenvalue weighted by atomic mass is 35.5. The minimum Gasteiger partial charge on any atom is -0.285 e. The Morgan fingerprint density at radius 1 is 1.33 bits per heavy atom. The van der Waals surface area contributed by atoms with E-state index in [4.69, 9.17) is 16.2 Å². The number of hydrogen-bond acceptors (Lipinski definition) is 4. The summed E-state index contributed by atoms with van der Waals surface area (Å²) in [7, 11) is -7.73. The maximum absolute atomic E-state index is 10.8. The van der Waals surface area contributed by atoms with E-state index >= 15 is 0 Å². The van der Waals surface area contributed by atoms with E-state index in [0.29, 0.717) is 0 Å². The molecule has 12 heavy (non-hydrogen) atoms. The molecule has 0 bridgehead atoms. The Kier molecular flexibility index (Phi) is 2.41. The van der Waals surface area contributed by atoms with Gasteiger partial charge in [0, 0.05) is 0 Å². The van der Waals surface area contributed by atoms with Gasteiger partial charge < -0.3 is 0 Å². The van der Waals surface area contributed by atoms with Gasteiger partial charge in [0.25, 0.3) is 10.1 Å². The van der Waals surface area contributed by atoms with Crippen molar-refractivity contribution in [3.05, 3.63) is 0 Å². The molecule has 1 aliphatic heterocycles. The molecule has 0 aliphatic carbocycles. The topological polar surface area (TPSA) is 88.5 Å². The summed E-state index contributed by atoms with van der Waals surface area (Å²) in [5.41, 5.74) is 0. The first kappa shape index (κ1) is 10.2. The smallest absolute Gasteiger partial charge is 0.270 e. The van der Waals surface area contributed by atoms with Crippen LogP contribution in [0.4, 0.5) is 0 Å². The molecule has 1 aliphatic rings. The van der Waals surface area contributed by atoms with Gasteiger partial charge in [-0.1, -0.05) is 0 Å². The molecule has 0 saturated carbocycles. The van der Waals surface area contributed by atoms with E-state index in [1.807, 2.05) is 0 Å². The molecular formula is C4H7ClO5S2. The second kappa shape index (κ2) is 2.83. The van der Waals surface area contributed by atoms with Gasteiger partial charge in [-0.2, -0.15) is 8.42 Å². The van der Waals surface area contributed by atoms with E-state index < -0.39 is 36.3 Å². The normalized spacial score (nSPS) is 35.2. The fourth-order valence-electron chi connectivity index (χ4n) is 1.05. The summed E-state index contributed by atoms with van der Waals surface area (Å²) in [6, 6.07) is 0. The minimum absolute atomic E-state index is 0.390. The Labute approximate surface area is 75.4 Å². The zero-order valence-corrected chi connectivity index (χ0v) is 8.23. The van der Waals surface area contributed by atoms with E-state index in [0.717, 1.165) is 0 Å². The van der Waals surface area contributed by atoms with Crippen LogP contribution >= 0.6 is 11.6 Å². The molecule has 0 spiro atoms. The predicted molar refractivity (Wildman–Crippen MR) is 43.6 cm³/mol. The Bertz CT molecular complexity index is 368. The number of halogens is 1. The highest BCUT2D eigenvalue weighted by Crippen LogP contribution is 2.23. The monoisotopic (exact) mass is 234 g/mol. The van der Waals surface area contributed by atoms with Crippen LogP contribution in [-0.4, -0.2) is 43.5 Å². The van der Waals surface area contributed by atoms with Crippen molar-refractivity contribution in [2.24, 2.45) is 0 Å². The van der Waals surface area contributed by atoms with Crippen molar-refractivity contribution in [3.63, 3.8) is 0 Å². The summed E-state index contributed by atoms with van der Waals surface area (Å²) >= 11 is 5.43. The summed E-state index contributed by atoms with van der Waals surface area (Å²) in [5, 5.41) is -2.41. The third-order valence-electron chi connectivity index (χ3n) is 1.62. The van der Waals surface area contributed by atoms with Gasteiger partial charge in [-0.25, -0.2) is 8.42 Å². The first-order valence-electron chi connectivity index (χ1n) is 3.03. The zero-order chi connectivity index (χ0) is 9.57. The second-order valence-electron chi connectivity index (χ2n) is 2.65. The molecule has 5 nitrogen and oxygen atoms in total. The average molecular weight is 235 g/mol. The minimum atomic E-state index is -4.33. The summed E-state index contributed by atoms with van der Waals surface area (Å²) in [6.45, 7) is 0. The second-order valence-corrected chi connectivity index (χ2v) is 7.00. The van der Waals surface area contributed by atoms with Gasteiger partial charge in [-0.05, 0) is 0 Å². The largest absolute Gasteiger partial charge is 0.285 e. The van der Waals surface area contributed by atoms with Crippen LogP contribution in [0.3, 0.4) is 0 Å². The van der Waals surface area contributed by atoms with Gasteiger partial charge in [0.15, 0.2) is 9.84 Å². The molecule has 0 radical (unpaired) electrons. The highest BCUT2D eigenvalue weighted by molar-refractivity contribution is 7.94. The van der Waals surface area contributed by atoms with Crippen LogP contribution in [-0.2, 0) is 20.0 Å². The standard InChI is InChI=1S/C4H7ClO5S2/c5-3-1-11(6,7)2-4(3)12(8,9)10/h3-4H,1-2H2,(H,8,9,10)/t3-,4+/m1/s1. The molecule has 0 unspecified atom stereocenters. The van der Waals surface area contributed by atoms with Gasteiger partial charge in [0.2, 0.25) is 0 Å². The lowest BCUT2D eigenvalue weighted by molar-refractivity contribution is 0.471. The average Bonchev–Trinajstić information content (AvgIpc) is 2.03. The molecule has 1 heterocycles. The van der Waals surface area contributed by atoms with Crippen LogP contribution in [0.5, 0.6) is 0 Å². The molecule has 2 atom stereocenters. The van der Waals surface area contributed by atoms with Gasteiger partial charge in [-0.3, -0.25) is 4.55 Å². The van der Waals surface area contributed by atoms with E-state index in [9.17, 15) is 16.8 Å². The lowest BCUT2D eigenvalue weighted by Gasteiger charge is -2.05. The molecule has 1 fully saturated rings. The van der Waals surface area contributed by atoms with Crippen molar-refractivity contribution in [3.8, 4) is 0 Å². The summed E-state index contributed by atoms with van der Waals surface area (Å²) < 4.78 is 51.3. The SMILES string of the molecule is O=S1(=O)C[C@@H](Cl)[C@@H](S(=O)(=O)O)C1. The van der Waals surface area contributed by atoms with Crippen molar-refractivity contribution in [1.29, 1.82) is 0 Å². The molecule has 0 amide bonds. The van der Waals surface area contributed by atoms with Crippen LogP contribution in [0.1, 0.15) is 0 Å². The van der Waals surface area contributed by atoms with Gasteiger partial charge in [0.05, 0.1) is 16.9 Å². The van der Waals surface area contributed by atoms with Crippen molar-refractivity contribution >= 4 is 31.6 Å². The molecular weight excluding hydrogens is 228 g/mol. The summed E-state index contributed by atoms with van der Waals surface area (Å²) in [4.78, 5) is 0. The number of sulfone groups is 1. The van der Waals surface area contributed by atoms with Crippen molar-refractivity contribution in [1.82, 2.24) is 0 Å². The summed E-state index contributed by atoms with van der Waals surface area (Å²) in [6.07, 6.45) is 0. The molecule has 0 aromatic carbocycles. The van der Waals surface area contributed by atoms with E-state index in [1.165, 1.54) is 0 Å². The molecule has 1 saturated heterocycles. The van der Waals surface area contributed by atoms with Gasteiger partial charge in [0.1, 0.15) is 5.25 Å². The van der Waals surface area contributed by atoms with Crippen LogP contribution < -0.4 is 0 Å². The van der Waals surface area contributed by atoms with Crippen molar-refractivity contribution < 1.29 is 21.4 Å². The first-order chi connectivity index (χ1) is 5.22. The summed E-state index contributed by atoms with van der Waals surface area (Å²) in [5.74, 6) is -0.973. The quantitative estimate of drug-likeness (QED) is 0.478. The van der Waals surface area contributed by atoms with Crippen molar-refractivity contribution in [2.75, 3.05) is 11.5 Å². The molecule has 1 rings (SSSR count). The van der Waals surface area contributed by atoms with Crippen LogP contribution in [0.15, 0.2) is 0 Å². The lowest BCUT2D eigenvalue weighted by Crippen LogP contribution is -2.28. The van der Waals surface area contributed by atoms with Crippen LogP contribution in [0.25, 0.3) is 0 Å². The third-order valence-corrected chi connectivity index (χ3v) is 5.61. The maximum Gasteiger partial charge on any atom is 0.270 e. The molecule has 72 valence electrons. The van der Waals surface area contributed by atoms with E-state index in [1.54, 1.807) is 0 Å². The number of rotatable bonds is 1. The maximum atomic E-state index is 10.8. The fraction of sp³-hybridized carbons (Fsp3) is 1.00. The first-order valence-corrected chi connectivity index (χ1v) is 6.79. The molecule has 0 aromatic rings. The molecule has 1 N–H and O–H groups in total.